The van der Waals surface area contributed by atoms with E-state index in [1.165, 1.54) is 10.9 Å². The van der Waals surface area contributed by atoms with Crippen LogP contribution in [0.5, 0.6) is 5.88 Å². The SMILES string of the molecule is Cn1ncc2cc(CN3CCN(c4cncc(OCc5cccc(Cl)c5)n4)CC3)ccc21. The first-order valence-corrected chi connectivity index (χ1v) is 11.1. The Labute approximate surface area is 192 Å². The van der Waals surface area contributed by atoms with Crippen molar-refractivity contribution in [3.05, 3.63) is 77.2 Å². The summed E-state index contributed by atoms with van der Waals surface area (Å²) in [6.07, 6.45) is 5.38. The molecule has 3 heterocycles. The lowest BCUT2D eigenvalue weighted by molar-refractivity contribution is 0.248. The number of hydrogen-bond donors (Lipinski definition) is 0. The molecule has 0 radical (unpaired) electrons. The highest BCUT2D eigenvalue weighted by Gasteiger charge is 2.19. The zero-order valence-corrected chi connectivity index (χ0v) is 18.7. The predicted molar refractivity (Wildman–Crippen MR) is 126 cm³/mol. The van der Waals surface area contributed by atoms with Crippen LogP contribution in [0.25, 0.3) is 10.9 Å². The summed E-state index contributed by atoms with van der Waals surface area (Å²) in [4.78, 5) is 13.7. The first-order valence-electron chi connectivity index (χ1n) is 10.7. The lowest BCUT2D eigenvalue weighted by Crippen LogP contribution is -2.46. The molecule has 1 saturated heterocycles. The van der Waals surface area contributed by atoms with Gasteiger partial charge in [0.25, 0.3) is 0 Å². The van der Waals surface area contributed by atoms with Gasteiger partial charge in [0.2, 0.25) is 5.88 Å². The van der Waals surface area contributed by atoms with Crippen molar-refractivity contribution in [2.75, 3.05) is 31.1 Å². The monoisotopic (exact) mass is 448 g/mol. The highest BCUT2D eigenvalue weighted by molar-refractivity contribution is 6.30. The molecule has 1 aliphatic heterocycles. The number of nitrogens with zero attached hydrogens (tertiary/aromatic N) is 6. The first kappa shape index (κ1) is 20.7. The van der Waals surface area contributed by atoms with Gasteiger partial charge in [0, 0.05) is 50.2 Å². The smallest absolute Gasteiger partial charge is 0.234 e. The maximum atomic E-state index is 6.04. The second-order valence-corrected chi connectivity index (χ2v) is 8.50. The molecule has 0 spiro atoms. The van der Waals surface area contributed by atoms with Gasteiger partial charge in [0.15, 0.2) is 5.82 Å². The molecule has 0 saturated carbocycles. The van der Waals surface area contributed by atoms with Crippen LogP contribution in [-0.4, -0.2) is 50.8 Å². The zero-order valence-electron chi connectivity index (χ0n) is 18.0. The molecule has 8 heteroatoms. The maximum absolute atomic E-state index is 6.04. The van der Waals surface area contributed by atoms with E-state index in [1.54, 1.807) is 12.4 Å². The second kappa shape index (κ2) is 9.14. The Kier molecular flexibility index (Phi) is 5.92. The fourth-order valence-corrected chi connectivity index (χ4v) is 4.26. The summed E-state index contributed by atoms with van der Waals surface area (Å²) in [7, 11) is 1.97. The Morgan fingerprint density at radius 3 is 2.69 bits per heavy atom. The minimum atomic E-state index is 0.410. The fourth-order valence-electron chi connectivity index (χ4n) is 4.05. The van der Waals surface area contributed by atoms with E-state index in [2.05, 4.69) is 43.1 Å². The number of piperazine rings is 1. The largest absolute Gasteiger partial charge is 0.472 e. The quantitative estimate of drug-likeness (QED) is 0.445. The third-order valence-electron chi connectivity index (χ3n) is 5.79. The molecule has 0 aliphatic carbocycles. The molecule has 5 rings (SSSR count). The average Bonchev–Trinajstić information content (AvgIpc) is 3.18. The molecular formula is C24H25ClN6O. The number of aromatic nitrogens is 4. The Bertz CT molecular complexity index is 1220. The minimum Gasteiger partial charge on any atom is -0.472 e. The van der Waals surface area contributed by atoms with E-state index in [-0.39, 0.29) is 0 Å². The molecule has 2 aromatic carbocycles. The summed E-state index contributed by atoms with van der Waals surface area (Å²) >= 11 is 6.04. The van der Waals surface area contributed by atoms with E-state index >= 15 is 0 Å². The molecule has 0 atom stereocenters. The zero-order chi connectivity index (χ0) is 21.9. The Morgan fingerprint density at radius 1 is 0.969 bits per heavy atom. The van der Waals surface area contributed by atoms with E-state index in [0.717, 1.165) is 49.6 Å². The third-order valence-corrected chi connectivity index (χ3v) is 6.02. The van der Waals surface area contributed by atoms with Crippen LogP contribution in [0.1, 0.15) is 11.1 Å². The van der Waals surface area contributed by atoms with Crippen LogP contribution in [0.2, 0.25) is 5.02 Å². The Balaban J connectivity index is 1.17. The number of fused-ring (bicyclic) bond motifs is 1. The molecule has 4 aromatic rings. The molecule has 0 amide bonds. The number of anilines is 1. The van der Waals surface area contributed by atoms with Gasteiger partial charge in [-0.05, 0) is 35.4 Å². The number of hydrogen-bond acceptors (Lipinski definition) is 6. The summed E-state index contributed by atoms with van der Waals surface area (Å²) in [5.41, 5.74) is 3.48. The van der Waals surface area contributed by atoms with Gasteiger partial charge in [-0.15, -0.1) is 0 Å². The van der Waals surface area contributed by atoms with Gasteiger partial charge in [-0.25, -0.2) is 0 Å². The number of benzene rings is 2. The number of rotatable bonds is 6. The summed E-state index contributed by atoms with van der Waals surface area (Å²) in [6, 6.07) is 14.2. The summed E-state index contributed by atoms with van der Waals surface area (Å²) in [5, 5.41) is 6.22. The summed E-state index contributed by atoms with van der Waals surface area (Å²) in [5.74, 6) is 1.37. The van der Waals surface area contributed by atoms with Crippen LogP contribution in [0.3, 0.4) is 0 Å². The van der Waals surface area contributed by atoms with Crippen molar-refractivity contribution in [1.29, 1.82) is 0 Å². The van der Waals surface area contributed by atoms with Crippen molar-refractivity contribution >= 4 is 28.3 Å². The summed E-state index contributed by atoms with van der Waals surface area (Å²) < 4.78 is 7.75. The van der Waals surface area contributed by atoms with Crippen molar-refractivity contribution in [3.63, 3.8) is 0 Å². The minimum absolute atomic E-state index is 0.410. The van der Waals surface area contributed by atoms with Crippen molar-refractivity contribution in [2.24, 2.45) is 7.05 Å². The fraction of sp³-hybridized carbons (Fsp3) is 0.292. The average molecular weight is 449 g/mol. The molecule has 2 aromatic heterocycles. The maximum Gasteiger partial charge on any atom is 0.234 e. The number of aryl methyl sites for hydroxylation is 1. The number of halogens is 1. The number of ether oxygens (including phenoxy) is 1. The summed E-state index contributed by atoms with van der Waals surface area (Å²) in [6.45, 7) is 5.10. The predicted octanol–water partition coefficient (Wildman–Crippen LogP) is 3.92. The molecule has 32 heavy (non-hydrogen) atoms. The van der Waals surface area contributed by atoms with Gasteiger partial charge in [-0.2, -0.15) is 10.1 Å². The molecular weight excluding hydrogens is 424 g/mol. The highest BCUT2D eigenvalue weighted by atomic mass is 35.5. The van der Waals surface area contributed by atoms with E-state index in [9.17, 15) is 0 Å². The lowest BCUT2D eigenvalue weighted by Gasteiger charge is -2.35. The van der Waals surface area contributed by atoms with Gasteiger partial charge in [-0.3, -0.25) is 14.6 Å². The van der Waals surface area contributed by atoms with E-state index in [4.69, 9.17) is 16.3 Å². The van der Waals surface area contributed by atoms with Crippen LogP contribution < -0.4 is 9.64 Å². The Morgan fingerprint density at radius 2 is 1.84 bits per heavy atom. The van der Waals surface area contributed by atoms with Crippen molar-refractivity contribution in [2.45, 2.75) is 13.2 Å². The van der Waals surface area contributed by atoms with E-state index in [0.29, 0.717) is 17.5 Å². The van der Waals surface area contributed by atoms with Gasteiger partial charge in [0.1, 0.15) is 6.61 Å². The van der Waals surface area contributed by atoms with Gasteiger partial charge < -0.3 is 9.64 Å². The molecule has 1 aliphatic rings. The van der Waals surface area contributed by atoms with Crippen LogP contribution in [0, 0.1) is 0 Å². The second-order valence-electron chi connectivity index (χ2n) is 8.06. The van der Waals surface area contributed by atoms with Crippen molar-refractivity contribution in [1.82, 2.24) is 24.6 Å². The van der Waals surface area contributed by atoms with Crippen LogP contribution >= 0.6 is 11.6 Å². The van der Waals surface area contributed by atoms with Crippen LogP contribution in [-0.2, 0) is 20.2 Å². The van der Waals surface area contributed by atoms with Gasteiger partial charge >= 0.3 is 0 Å². The van der Waals surface area contributed by atoms with Crippen molar-refractivity contribution in [3.8, 4) is 5.88 Å². The highest BCUT2D eigenvalue weighted by Crippen LogP contribution is 2.20. The van der Waals surface area contributed by atoms with Gasteiger partial charge in [0.05, 0.1) is 24.1 Å². The topological polar surface area (TPSA) is 59.3 Å². The molecule has 0 bridgehead atoms. The van der Waals surface area contributed by atoms with Crippen molar-refractivity contribution < 1.29 is 4.74 Å². The lowest BCUT2D eigenvalue weighted by atomic mass is 10.1. The third kappa shape index (κ3) is 4.69. The van der Waals surface area contributed by atoms with E-state index < -0.39 is 0 Å². The standard InChI is InChI=1S/C24H25ClN6O/c1-29-22-6-5-18(11-20(22)13-27-29)16-30-7-9-31(10-8-30)23-14-26-15-24(28-23)32-17-19-3-2-4-21(25)12-19/h2-6,11-15H,7-10,16-17H2,1H3. The van der Waals surface area contributed by atoms with Gasteiger partial charge in [-0.1, -0.05) is 29.8 Å². The van der Waals surface area contributed by atoms with E-state index in [1.807, 2.05) is 42.2 Å². The molecule has 7 nitrogen and oxygen atoms in total. The molecule has 1 fully saturated rings. The van der Waals surface area contributed by atoms with Crippen LogP contribution in [0.15, 0.2) is 61.1 Å². The first-order chi connectivity index (χ1) is 15.6. The molecule has 164 valence electrons. The normalized spacial score (nSPS) is 14.8. The molecule has 0 N–H and O–H groups in total. The molecule has 0 unspecified atom stereocenters. The van der Waals surface area contributed by atoms with Crippen LogP contribution in [0.4, 0.5) is 5.82 Å². The Hall–Kier alpha value is -3.16.